The van der Waals surface area contributed by atoms with Crippen molar-refractivity contribution in [1.29, 1.82) is 0 Å². The van der Waals surface area contributed by atoms with Crippen LogP contribution in [0.3, 0.4) is 0 Å². The van der Waals surface area contributed by atoms with Crippen molar-refractivity contribution in [1.82, 2.24) is 5.43 Å². The average Bonchev–Trinajstić information content (AvgIpc) is 2.88. The van der Waals surface area contributed by atoms with Crippen LogP contribution in [0.1, 0.15) is 44.2 Å². The van der Waals surface area contributed by atoms with Gasteiger partial charge < -0.3 is 19.5 Å². The second-order valence-corrected chi connectivity index (χ2v) is 7.90. The summed E-state index contributed by atoms with van der Waals surface area (Å²) in [5.41, 5.74) is 5.21. The number of amides is 2. The molecular weight excluding hydrogens is 442 g/mol. The molecule has 7 nitrogen and oxygen atoms in total. The fourth-order valence-electron chi connectivity index (χ4n) is 3.28. The summed E-state index contributed by atoms with van der Waals surface area (Å²) in [5.74, 6) is 2.58. The van der Waals surface area contributed by atoms with Gasteiger partial charge in [-0.15, -0.1) is 0 Å². The lowest BCUT2D eigenvalue weighted by molar-refractivity contribution is 0.208. The monoisotopic (exact) mass is 475 g/mol. The molecule has 0 radical (unpaired) electrons. The maximum Gasteiger partial charge on any atom is 0.339 e. The summed E-state index contributed by atoms with van der Waals surface area (Å²) in [4.78, 5) is 11.9. The third kappa shape index (κ3) is 8.37. The predicted octanol–water partition coefficient (Wildman–Crippen LogP) is 6.21. The number of carbonyl (C=O) groups is 1. The fraction of sp³-hybridized carbons (Fsp3) is 0.286. The summed E-state index contributed by atoms with van der Waals surface area (Å²) in [7, 11) is 0. The van der Waals surface area contributed by atoms with Gasteiger partial charge >= 0.3 is 6.03 Å². The highest BCUT2D eigenvalue weighted by Crippen LogP contribution is 2.28. The van der Waals surface area contributed by atoms with Gasteiger partial charge in [0.15, 0.2) is 11.5 Å². The normalized spacial score (nSPS) is 11.6. The van der Waals surface area contributed by atoms with Crippen molar-refractivity contribution < 1.29 is 19.0 Å². The lowest BCUT2D eigenvalue weighted by atomic mass is 9.99. The molecule has 2 N–H and O–H groups in total. The van der Waals surface area contributed by atoms with E-state index < -0.39 is 6.03 Å². The molecule has 0 fully saturated rings. The van der Waals surface area contributed by atoms with Gasteiger partial charge in [0.25, 0.3) is 0 Å². The molecule has 0 heterocycles. The lowest BCUT2D eigenvalue weighted by Gasteiger charge is -2.14. The van der Waals surface area contributed by atoms with Crippen molar-refractivity contribution >= 4 is 17.9 Å². The van der Waals surface area contributed by atoms with E-state index in [2.05, 4.69) is 41.8 Å². The van der Waals surface area contributed by atoms with Crippen molar-refractivity contribution in [2.75, 3.05) is 25.1 Å². The van der Waals surface area contributed by atoms with Gasteiger partial charge in [-0.3, -0.25) is 0 Å². The molecular formula is C28H33N3O4. The third-order valence-electron chi connectivity index (χ3n) is 5.35. The molecule has 1 atom stereocenters. The Bertz CT molecular complexity index is 1090. The molecule has 35 heavy (non-hydrogen) atoms. The molecule has 3 rings (SSSR count). The number of hydrogen-bond donors (Lipinski definition) is 2. The largest absolute Gasteiger partial charge is 0.490 e. The maximum atomic E-state index is 11.9. The summed E-state index contributed by atoms with van der Waals surface area (Å²) >= 11 is 0. The van der Waals surface area contributed by atoms with E-state index in [0.29, 0.717) is 42.9 Å². The Morgan fingerprint density at radius 2 is 1.66 bits per heavy atom. The zero-order chi connectivity index (χ0) is 24.9. The molecule has 184 valence electrons. The first kappa shape index (κ1) is 25.6. The lowest BCUT2D eigenvalue weighted by Crippen LogP contribution is -2.24. The van der Waals surface area contributed by atoms with E-state index in [0.717, 1.165) is 17.7 Å². The standard InChI is InChI=1S/C28H33N3O4/c1-4-21(3)23-12-14-25(15-13-23)34-17-18-35-26-16-11-22(19-27(26)33-5-2)20-29-31-28(32)30-24-9-7-6-8-10-24/h6-16,19-21H,4-5,17-18H2,1-3H3,(H2,30,31,32)/b29-20-/t21-/m1/s1. The van der Waals surface area contributed by atoms with E-state index in [-0.39, 0.29) is 0 Å². The number of benzene rings is 3. The number of para-hydroxylation sites is 1. The minimum Gasteiger partial charge on any atom is -0.490 e. The van der Waals surface area contributed by atoms with Crippen LogP contribution >= 0.6 is 0 Å². The number of nitrogens with zero attached hydrogens (tertiary/aromatic N) is 1. The first-order chi connectivity index (χ1) is 17.1. The van der Waals surface area contributed by atoms with Crippen molar-refractivity contribution in [3.8, 4) is 17.2 Å². The number of carbonyl (C=O) groups excluding carboxylic acids is 1. The van der Waals surface area contributed by atoms with Gasteiger partial charge in [-0.2, -0.15) is 5.10 Å². The number of hydrogen-bond acceptors (Lipinski definition) is 5. The van der Waals surface area contributed by atoms with Crippen LogP contribution in [-0.2, 0) is 0 Å². The third-order valence-corrected chi connectivity index (χ3v) is 5.35. The summed E-state index contributed by atoms with van der Waals surface area (Å²) in [6, 6.07) is 22.4. The second-order valence-electron chi connectivity index (χ2n) is 7.90. The highest BCUT2D eigenvalue weighted by Gasteiger charge is 2.07. The first-order valence-electron chi connectivity index (χ1n) is 11.9. The number of ether oxygens (including phenoxy) is 3. The van der Waals surface area contributed by atoms with Gasteiger partial charge in [0.2, 0.25) is 0 Å². The van der Waals surface area contributed by atoms with E-state index in [1.165, 1.54) is 5.56 Å². The van der Waals surface area contributed by atoms with Gasteiger partial charge in [0.1, 0.15) is 19.0 Å². The van der Waals surface area contributed by atoms with Crippen LogP contribution < -0.4 is 25.0 Å². The van der Waals surface area contributed by atoms with Crippen LogP contribution in [0.4, 0.5) is 10.5 Å². The van der Waals surface area contributed by atoms with Gasteiger partial charge in [-0.05, 0) is 72.9 Å². The van der Waals surface area contributed by atoms with Crippen molar-refractivity contribution in [2.45, 2.75) is 33.1 Å². The summed E-state index contributed by atoms with van der Waals surface area (Å²) in [5, 5.41) is 6.70. The number of nitrogens with one attached hydrogen (secondary N) is 2. The molecule has 0 aliphatic carbocycles. The predicted molar refractivity (Wildman–Crippen MR) is 140 cm³/mol. The zero-order valence-electron chi connectivity index (χ0n) is 20.5. The Hall–Kier alpha value is -4.00. The van der Waals surface area contributed by atoms with E-state index >= 15 is 0 Å². The topological polar surface area (TPSA) is 81.2 Å². The Balaban J connectivity index is 1.49. The highest BCUT2D eigenvalue weighted by molar-refractivity contribution is 5.90. The molecule has 0 aliphatic rings. The molecule has 0 unspecified atom stereocenters. The Morgan fingerprint density at radius 3 is 2.37 bits per heavy atom. The van der Waals surface area contributed by atoms with Gasteiger partial charge in [-0.25, -0.2) is 10.2 Å². The molecule has 0 saturated heterocycles. The average molecular weight is 476 g/mol. The van der Waals surface area contributed by atoms with Crippen molar-refractivity contribution in [3.63, 3.8) is 0 Å². The van der Waals surface area contributed by atoms with Crippen molar-refractivity contribution in [2.24, 2.45) is 5.10 Å². The zero-order valence-corrected chi connectivity index (χ0v) is 20.5. The van der Waals surface area contributed by atoms with Crippen LogP contribution in [0.2, 0.25) is 0 Å². The van der Waals surface area contributed by atoms with Crippen LogP contribution in [0.5, 0.6) is 17.2 Å². The molecule has 0 aliphatic heterocycles. The summed E-state index contributed by atoms with van der Waals surface area (Å²) < 4.78 is 17.4. The molecule has 0 bridgehead atoms. The molecule has 0 aromatic heterocycles. The summed E-state index contributed by atoms with van der Waals surface area (Å²) in [6.45, 7) is 7.60. The second kappa shape index (κ2) is 13.6. The first-order valence-corrected chi connectivity index (χ1v) is 11.9. The minimum atomic E-state index is -0.424. The Kier molecular flexibility index (Phi) is 9.99. The number of hydrazone groups is 1. The summed E-state index contributed by atoms with van der Waals surface area (Å²) in [6.07, 6.45) is 2.66. The number of anilines is 1. The van der Waals surface area contributed by atoms with Crippen LogP contribution in [-0.4, -0.2) is 32.1 Å². The smallest absolute Gasteiger partial charge is 0.339 e. The van der Waals surface area contributed by atoms with Gasteiger partial charge in [0.05, 0.1) is 12.8 Å². The van der Waals surface area contributed by atoms with Crippen LogP contribution in [0.25, 0.3) is 0 Å². The van der Waals surface area contributed by atoms with Crippen LogP contribution in [0.15, 0.2) is 77.9 Å². The fourth-order valence-corrected chi connectivity index (χ4v) is 3.28. The minimum absolute atomic E-state index is 0.377. The SMILES string of the molecule is CCOc1cc(/C=N\NC(=O)Nc2ccccc2)ccc1OCCOc1ccc([C@H](C)CC)cc1. The quantitative estimate of drug-likeness (QED) is 0.185. The van der Waals surface area contributed by atoms with Gasteiger partial charge in [0, 0.05) is 5.69 Å². The van der Waals surface area contributed by atoms with Crippen LogP contribution in [0, 0.1) is 0 Å². The van der Waals surface area contributed by atoms with E-state index in [1.54, 1.807) is 18.3 Å². The van der Waals surface area contributed by atoms with E-state index in [9.17, 15) is 4.79 Å². The Labute approximate surface area is 207 Å². The molecule has 0 saturated carbocycles. The number of rotatable bonds is 12. The van der Waals surface area contributed by atoms with Crippen molar-refractivity contribution in [3.05, 3.63) is 83.9 Å². The van der Waals surface area contributed by atoms with Gasteiger partial charge in [-0.1, -0.05) is 44.2 Å². The molecule has 2 amide bonds. The van der Waals surface area contributed by atoms with E-state index in [4.69, 9.17) is 14.2 Å². The highest BCUT2D eigenvalue weighted by atomic mass is 16.5. The molecule has 7 heteroatoms. The van der Waals surface area contributed by atoms with E-state index in [1.807, 2.05) is 55.5 Å². The molecule has 3 aromatic carbocycles. The number of urea groups is 1. The maximum absolute atomic E-state index is 11.9. The molecule has 0 spiro atoms. The molecule has 3 aromatic rings. The Morgan fingerprint density at radius 1 is 0.914 bits per heavy atom.